The summed E-state index contributed by atoms with van der Waals surface area (Å²) in [6.45, 7) is 0.864. The highest BCUT2D eigenvalue weighted by Crippen LogP contribution is 2.31. The van der Waals surface area contributed by atoms with Gasteiger partial charge in [-0.1, -0.05) is 33.6 Å². The van der Waals surface area contributed by atoms with Crippen LogP contribution in [0.2, 0.25) is 5.02 Å². The Morgan fingerprint density at radius 1 is 1.15 bits per heavy atom. The molecule has 1 N–H and O–H groups in total. The standard InChI is InChI=1S/C16H15BrClNO/c17-12-2-6-14(7-3-12)20-16-8-1-11(9-15(16)18)10-19-13-4-5-13/h1-3,6-9,13,19H,4-5,10H2. The van der Waals surface area contributed by atoms with Crippen LogP contribution in [0.25, 0.3) is 0 Å². The molecule has 4 heteroatoms. The summed E-state index contributed by atoms with van der Waals surface area (Å²) >= 11 is 9.68. The molecule has 0 atom stereocenters. The first-order chi connectivity index (χ1) is 9.70. The number of halogens is 2. The van der Waals surface area contributed by atoms with Crippen LogP contribution in [-0.4, -0.2) is 6.04 Å². The van der Waals surface area contributed by atoms with Gasteiger partial charge in [-0.15, -0.1) is 0 Å². The van der Waals surface area contributed by atoms with Gasteiger partial charge >= 0.3 is 0 Å². The first-order valence-corrected chi connectivity index (χ1v) is 7.83. The van der Waals surface area contributed by atoms with E-state index in [1.807, 2.05) is 36.4 Å². The van der Waals surface area contributed by atoms with Crippen LogP contribution in [0.4, 0.5) is 0 Å². The zero-order valence-electron chi connectivity index (χ0n) is 10.9. The fraction of sp³-hybridized carbons (Fsp3) is 0.250. The van der Waals surface area contributed by atoms with Gasteiger partial charge in [0.2, 0.25) is 0 Å². The molecule has 20 heavy (non-hydrogen) atoms. The van der Waals surface area contributed by atoms with Crippen molar-refractivity contribution < 1.29 is 4.74 Å². The van der Waals surface area contributed by atoms with Crippen LogP contribution in [-0.2, 0) is 6.54 Å². The van der Waals surface area contributed by atoms with Gasteiger partial charge in [0.15, 0.2) is 0 Å². The van der Waals surface area contributed by atoms with E-state index in [1.54, 1.807) is 0 Å². The fourth-order valence-corrected chi connectivity index (χ4v) is 2.42. The van der Waals surface area contributed by atoms with Crippen LogP contribution >= 0.6 is 27.5 Å². The lowest BCUT2D eigenvalue weighted by atomic mass is 10.2. The zero-order chi connectivity index (χ0) is 13.9. The van der Waals surface area contributed by atoms with Crippen molar-refractivity contribution in [3.63, 3.8) is 0 Å². The minimum Gasteiger partial charge on any atom is -0.456 e. The highest BCUT2D eigenvalue weighted by molar-refractivity contribution is 9.10. The Bertz CT molecular complexity index is 596. The molecule has 2 nitrogen and oxygen atoms in total. The Hall–Kier alpha value is -1.03. The minimum atomic E-state index is 0.642. The van der Waals surface area contributed by atoms with Gasteiger partial charge in [0.05, 0.1) is 5.02 Å². The van der Waals surface area contributed by atoms with Crippen LogP contribution in [0.5, 0.6) is 11.5 Å². The lowest BCUT2D eigenvalue weighted by Gasteiger charge is -2.10. The number of rotatable bonds is 5. The van der Waals surface area contributed by atoms with Crippen molar-refractivity contribution in [3.05, 3.63) is 57.5 Å². The average molecular weight is 353 g/mol. The Balaban J connectivity index is 1.68. The zero-order valence-corrected chi connectivity index (χ0v) is 13.2. The first-order valence-electron chi connectivity index (χ1n) is 6.66. The molecule has 0 radical (unpaired) electrons. The van der Waals surface area contributed by atoms with Crippen molar-refractivity contribution in [1.29, 1.82) is 0 Å². The Labute approximate surface area is 132 Å². The number of hydrogen-bond donors (Lipinski definition) is 1. The van der Waals surface area contributed by atoms with E-state index in [0.29, 0.717) is 16.8 Å². The van der Waals surface area contributed by atoms with Crippen LogP contribution < -0.4 is 10.1 Å². The predicted molar refractivity (Wildman–Crippen MR) is 85.5 cm³/mol. The number of hydrogen-bond acceptors (Lipinski definition) is 2. The van der Waals surface area contributed by atoms with E-state index in [2.05, 4.69) is 27.3 Å². The second kappa shape index (κ2) is 6.17. The molecule has 2 aromatic rings. The van der Waals surface area contributed by atoms with Crippen LogP contribution in [0, 0.1) is 0 Å². The number of benzene rings is 2. The molecule has 0 unspecified atom stereocenters. The second-order valence-corrected chi connectivity index (χ2v) is 6.30. The summed E-state index contributed by atoms with van der Waals surface area (Å²) in [7, 11) is 0. The molecule has 1 aliphatic rings. The molecule has 0 saturated heterocycles. The summed E-state index contributed by atoms with van der Waals surface area (Å²) < 4.78 is 6.81. The van der Waals surface area contributed by atoms with Crippen LogP contribution in [0.15, 0.2) is 46.9 Å². The van der Waals surface area contributed by atoms with Crippen molar-refractivity contribution in [2.45, 2.75) is 25.4 Å². The topological polar surface area (TPSA) is 21.3 Å². The minimum absolute atomic E-state index is 0.642. The summed E-state index contributed by atoms with van der Waals surface area (Å²) in [5.74, 6) is 1.46. The number of nitrogens with one attached hydrogen (secondary N) is 1. The predicted octanol–water partition coefficient (Wildman–Crippen LogP) is 5.15. The average Bonchev–Trinajstić information content (AvgIpc) is 3.26. The van der Waals surface area contributed by atoms with Crippen molar-refractivity contribution in [2.75, 3.05) is 0 Å². The van der Waals surface area contributed by atoms with Gasteiger partial charge < -0.3 is 10.1 Å². The number of ether oxygens (including phenoxy) is 1. The quantitative estimate of drug-likeness (QED) is 0.804. The van der Waals surface area contributed by atoms with E-state index in [1.165, 1.54) is 18.4 Å². The normalized spacial score (nSPS) is 14.3. The molecule has 0 aliphatic heterocycles. The van der Waals surface area contributed by atoms with Gasteiger partial charge in [0.1, 0.15) is 11.5 Å². The third kappa shape index (κ3) is 3.75. The first kappa shape index (κ1) is 13.9. The van der Waals surface area contributed by atoms with E-state index in [4.69, 9.17) is 16.3 Å². The smallest absolute Gasteiger partial charge is 0.146 e. The molecule has 1 aliphatic carbocycles. The molecule has 0 aromatic heterocycles. The molecule has 104 valence electrons. The second-order valence-electron chi connectivity index (χ2n) is 4.98. The Morgan fingerprint density at radius 3 is 2.55 bits per heavy atom. The molecule has 0 bridgehead atoms. The van der Waals surface area contributed by atoms with Crippen molar-refractivity contribution in [3.8, 4) is 11.5 Å². The van der Waals surface area contributed by atoms with Gasteiger partial charge in [-0.2, -0.15) is 0 Å². The van der Waals surface area contributed by atoms with Crippen molar-refractivity contribution in [1.82, 2.24) is 5.32 Å². The summed E-state index contributed by atoms with van der Waals surface area (Å²) in [4.78, 5) is 0. The maximum atomic E-state index is 6.28. The van der Waals surface area contributed by atoms with E-state index < -0.39 is 0 Å². The molecule has 1 saturated carbocycles. The molecule has 1 fully saturated rings. The highest BCUT2D eigenvalue weighted by Gasteiger charge is 2.20. The SMILES string of the molecule is Clc1cc(CNC2CC2)ccc1Oc1ccc(Br)cc1. The Morgan fingerprint density at radius 2 is 1.90 bits per heavy atom. The lowest BCUT2D eigenvalue weighted by molar-refractivity contribution is 0.482. The third-order valence-electron chi connectivity index (χ3n) is 3.21. The summed E-state index contributed by atoms with van der Waals surface area (Å²) in [6.07, 6.45) is 2.58. The summed E-state index contributed by atoms with van der Waals surface area (Å²) in [5, 5.41) is 4.11. The Kier molecular flexibility index (Phi) is 4.29. The molecule has 2 aromatic carbocycles. The largest absolute Gasteiger partial charge is 0.456 e. The van der Waals surface area contributed by atoms with E-state index in [9.17, 15) is 0 Å². The molecular weight excluding hydrogens is 338 g/mol. The van der Waals surface area contributed by atoms with Gasteiger partial charge in [0, 0.05) is 17.1 Å². The van der Waals surface area contributed by atoms with Gasteiger partial charge in [-0.25, -0.2) is 0 Å². The molecule has 0 heterocycles. The van der Waals surface area contributed by atoms with Crippen LogP contribution in [0.3, 0.4) is 0 Å². The third-order valence-corrected chi connectivity index (χ3v) is 4.03. The van der Waals surface area contributed by atoms with E-state index >= 15 is 0 Å². The van der Waals surface area contributed by atoms with Crippen LogP contribution in [0.1, 0.15) is 18.4 Å². The molecule has 0 spiro atoms. The maximum absolute atomic E-state index is 6.28. The van der Waals surface area contributed by atoms with Crippen molar-refractivity contribution in [2.24, 2.45) is 0 Å². The monoisotopic (exact) mass is 351 g/mol. The summed E-state index contributed by atoms with van der Waals surface area (Å²) in [5.41, 5.74) is 1.19. The van der Waals surface area contributed by atoms with Gasteiger partial charge in [0.25, 0.3) is 0 Å². The van der Waals surface area contributed by atoms with Crippen molar-refractivity contribution >= 4 is 27.5 Å². The molecule has 3 rings (SSSR count). The van der Waals surface area contributed by atoms with E-state index in [0.717, 1.165) is 16.8 Å². The maximum Gasteiger partial charge on any atom is 0.146 e. The summed E-state index contributed by atoms with van der Waals surface area (Å²) in [6, 6.07) is 14.3. The van der Waals surface area contributed by atoms with Gasteiger partial charge in [-0.3, -0.25) is 0 Å². The highest BCUT2D eigenvalue weighted by atomic mass is 79.9. The molecule has 0 amide bonds. The fourth-order valence-electron chi connectivity index (χ4n) is 1.92. The molecular formula is C16H15BrClNO. The lowest BCUT2D eigenvalue weighted by Crippen LogP contribution is -2.15. The van der Waals surface area contributed by atoms with E-state index in [-0.39, 0.29) is 0 Å². The van der Waals surface area contributed by atoms with Gasteiger partial charge in [-0.05, 0) is 54.8 Å².